The number of aromatic hydroxyl groups is 1. The molecular weight excluding hydrogens is 456 g/mol. The lowest BCUT2D eigenvalue weighted by Crippen LogP contribution is -2.12. The number of phenols is 1. The summed E-state index contributed by atoms with van der Waals surface area (Å²) in [5, 5.41) is 27.8. The summed E-state index contributed by atoms with van der Waals surface area (Å²) in [6, 6.07) is 17.8. The van der Waals surface area contributed by atoms with Crippen LogP contribution in [-0.4, -0.2) is 30.8 Å². The molecule has 10 heteroatoms. The molecule has 5 rings (SSSR count). The number of fused-ring (bicyclic) bond motifs is 1. The molecule has 0 aliphatic heterocycles. The minimum atomic E-state index is -0.495. The van der Waals surface area contributed by atoms with Gasteiger partial charge in [0.1, 0.15) is 5.69 Å². The Balaban J connectivity index is 1.61. The first kappa shape index (κ1) is 22.4. The van der Waals surface area contributed by atoms with E-state index in [9.17, 15) is 9.90 Å². The quantitative estimate of drug-likeness (QED) is 0.237. The molecule has 0 saturated carbocycles. The van der Waals surface area contributed by atoms with Crippen LogP contribution in [0.5, 0.6) is 5.75 Å². The van der Waals surface area contributed by atoms with E-state index in [0.717, 1.165) is 5.56 Å². The molecule has 36 heavy (non-hydrogen) atoms. The van der Waals surface area contributed by atoms with Gasteiger partial charge in [0.25, 0.3) is 17.5 Å². The Kier molecular flexibility index (Phi) is 5.86. The van der Waals surface area contributed by atoms with Crippen LogP contribution in [0.4, 0.5) is 22.9 Å². The first-order chi connectivity index (χ1) is 17.5. The SMILES string of the molecule is [C-]#[N+]c1cnn(-c2ncccn2)c1/N=N/c1c(O)c(C(=O)Nc2cccc(C)c2)cc2ccccc12. The van der Waals surface area contributed by atoms with Crippen LogP contribution in [0, 0.1) is 13.5 Å². The number of hydrogen-bond donors (Lipinski definition) is 2. The van der Waals surface area contributed by atoms with E-state index in [2.05, 4.69) is 35.5 Å². The molecule has 0 aliphatic rings. The Hall–Kier alpha value is -5.43. The Labute approximate surface area is 205 Å². The Morgan fingerprint density at radius 3 is 2.64 bits per heavy atom. The van der Waals surface area contributed by atoms with Crippen LogP contribution in [0.25, 0.3) is 21.6 Å². The van der Waals surface area contributed by atoms with E-state index in [1.54, 1.807) is 30.3 Å². The molecule has 0 radical (unpaired) electrons. The van der Waals surface area contributed by atoms with Gasteiger partial charge in [0, 0.05) is 23.5 Å². The number of rotatable bonds is 5. The third-order valence-electron chi connectivity index (χ3n) is 5.35. The van der Waals surface area contributed by atoms with Crippen molar-refractivity contribution in [3.05, 3.63) is 102 Å². The van der Waals surface area contributed by atoms with E-state index >= 15 is 0 Å². The summed E-state index contributed by atoms with van der Waals surface area (Å²) < 4.78 is 1.28. The summed E-state index contributed by atoms with van der Waals surface area (Å²) in [6.07, 6.45) is 4.41. The van der Waals surface area contributed by atoms with Gasteiger partial charge in [-0.15, -0.1) is 10.2 Å². The molecule has 2 aromatic heterocycles. The van der Waals surface area contributed by atoms with Crippen LogP contribution in [-0.2, 0) is 0 Å². The summed E-state index contributed by atoms with van der Waals surface area (Å²) in [7, 11) is 0. The van der Waals surface area contributed by atoms with E-state index in [1.165, 1.54) is 23.3 Å². The number of nitrogens with zero attached hydrogens (tertiary/aromatic N) is 7. The smallest absolute Gasteiger partial charge is 0.259 e. The fourth-order valence-corrected chi connectivity index (χ4v) is 3.66. The van der Waals surface area contributed by atoms with E-state index in [-0.39, 0.29) is 34.5 Å². The molecule has 3 aromatic carbocycles. The van der Waals surface area contributed by atoms with Crippen molar-refractivity contribution in [1.29, 1.82) is 0 Å². The zero-order valence-electron chi connectivity index (χ0n) is 19.0. The molecule has 0 aliphatic carbocycles. The largest absolute Gasteiger partial charge is 0.505 e. The number of aromatic nitrogens is 4. The number of phenolic OH excluding ortho intramolecular Hbond substituents is 1. The average molecular weight is 474 g/mol. The third kappa shape index (κ3) is 4.24. The van der Waals surface area contributed by atoms with Crippen LogP contribution in [0.2, 0.25) is 0 Å². The van der Waals surface area contributed by atoms with E-state index < -0.39 is 5.91 Å². The first-order valence-electron chi connectivity index (χ1n) is 10.8. The van der Waals surface area contributed by atoms with Crippen molar-refractivity contribution < 1.29 is 9.90 Å². The minimum Gasteiger partial charge on any atom is -0.505 e. The van der Waals surface area contributed by atoms with Crippen molar-refractivity contribution in [2.45, 2.75) is 6.92 Å². The van der Waals surface area contributed by atoms with Gasteiger partial charge in [-0.2, -0.15) is 9.78 Å². The summed E-state index contributed by atoms with van der Waals surface area (Å²) in [5.41, 5.74) is 1.83. The summed E-state index contributed by atoms with van der Waals surface area (Å²) in [6.45, 7) is 9.38. The predicted molar refractivity (Wildman–Crippen MR) is 134 cm³/mol. The molecule has 0 atom stereocenters. The third-order valence-corrected chi connectivity index (χ3v) is 5.35. The van der Waals surface area contributed by atoms with Crippen LogP contribution < -0.4 is 5.32 Å². The summed E-state index contributed by atoms with van der Waals surface area (Å²) in [5.74, 6) is -0.533. The number of hydrogen-bond acceptors (Lipinski definition) is 7. The highest BCUT2D eigenvalue weighted by Gasteiger charge is 2.20. The molecule has 0 bridgehead atoms. The van der Waals surface area contributed by atoms with Crippen molar-refractivity contribution in [2.75, 3.05) is 5.32 Å². The zero-order valence-corrected chi connectivity index (χ0v) is 19.0. The number of aryl methyl sites for hydroxylation is 1. The summed E-state index contributed by atoms with van der Waals surface area (Å²) in [4.78, 5) is 24.8. The normalized spacial score (nSPS) is 11.0. The molecule has 10 nitrogen and oxygen atoms in total. The number of benzene rings is 3. The molecular formula is C26H18N8O2. The molecule has 0 spiro atoms. The molecule has 174 valence electrons. The van der Waals surface area contributed by atoms with Crippen molar-refractivity contribution >= 4 is 39.6 Å². The maximum absolute atomic E-state index is 13.1. The van der Waals surface area contributed by atoms with Crippen LogP contribution in [0.1, 0.15) is 15.9 Å². The molecule has 2 N–H and O–H groups in total. The summed E-state index contributed by atoms with van der Waals surface area (Å²) >= 11 is 0. The lowest BCUT2D eigenvalue weighted by atomic mass is 10.0. The number of carbonyl (C=O) groups excluding carboxylic acids is 1. The average Bonchev–Trinajstić information content (AvgIpc) is 3.31. The van der Waals surface area contributed by atoms with Gasteiger partial charge in [0.2, 0.25) is 0 Å². The van der Waals surface area contributed by atoms with Gasteiger partial charge < -0.3 is 10.4 Å². The first-order valence-corrected chi connectivity index (χ1v) is 10.8. The van der Waals surface area contributed by atoms with Crippen LogP contribution in [0.3, 0.4) is 0 Å². The number of amides is 1. The second-order valence-corrected chi connectivity index (χ2v) is 7.79. The molecule has 0 fully saturated rings. The monoisotopic (exact) mass is 474 g/mol. The van der Waals surface area contributed by atoms with Crippen LogP contribution >= 0.6 is 0 Å². The number of anilines is 1. The van der Waals surface area contributed by atoms with Gasteiger partial charge in [-0.25, -0.2) is 14.8 Å². The number of carbonyl (C=O) groups is 1. The molecule has 0 saturated heterocycles. The fraction of sp³-hybridized carbons (Fsp3) is 0.0385. The van der Waals surface area contributed by atoms with E-state index in [4.69, 9.17) is 6.57 Å². The second kappa shape index (κ2) is 9.44. The lowest BCUT2D eigenvalue weighted by Gasteiger charge is -2.11. The zero-order chi connectivity index (χ0) is 25.1. The van der Waals surface area contributed by atoms with Crippen molar-refractivity contribution in [1.82, 2.24) is 19.7 Å². The lowest BCUT2D eigenvalue weighted by molar-refractivity contribution is 0.102. The highest BCUT2D eigenvalue weighted by Crippen LogP contribution is 2.40. The number of nitrogens with one attached hydrogen (secondary N) is 1. The topological polar surface area (TPSA) is 122 Å². The predicted octanol–water partition coefficient (Wildman–Crippen LogP) is 6.05. The maximum Gasteiger partial charge on any atom is 0.259 e. The van der Waals surface area contributed by atoms with Gasteiger partial charge in [0.05, 0.1) is 18.3 Å². The van der Waals surface area contributed by atoms with Gasteiger partial charge in [0.15, 0.2) is 11.6 Å². The second-order valence-electron chi connectivity index (χ2n) is 7.79. The fourth-order valence-electron chi connectivity index (χ4n) is 3.66. The molecule has 0 unspecified atom stereocenters. The molecule has 1 amide bonds. The molecule has 5 aromatic rings. The van der Waals surface area contributed by atoms with Gasteiger partial charge in [-0.1, -0.05) is 36.4 Å². The highest BCUT2D eigenvalue weighted by atomic mass is 16.3. The van der Waals surface area contributed by atoms with E-state index in [1.807, 2.05) is 37.3 Å². The van der Waals surface area contributed by atoms with Crippen molar-refractivity contribution in [2.24, 2.45) is 10.2 Å². The Bertz CT molecular complexity index is 1670. The highest BCUT2D eigenvalue weighted by molar-refractivity contribution is 6.11. The van der Waals surface area contributed by atoms with Gasteiger partial charge in [-0.05, 0) is 42.1 Å². The van der Waals surface area contributed by atoms with Gasteiger partial charge >= 0.3 is 0 Å². The Morgan fingerprint density at radius 1 is 1.06 bits per heavy atom. The minimum absolute atomic E-state index is 0.0365. The number of azo groups is 1. The van der Waals surface area contributed by atoms with E-state index in [0.29, 0.717) is 16.5 Å². The maximum atomic E-state index is 13.1. The molecule has 2 heterocycles. The van der Waals surface area contributed by atoms with Gasteiger partial charge in [-0.3, -0.25) is 4.79 Å². The standard InChI is InChI=1S/C26H18N8O2/c1-16-7-5-9-18(13-16)31-25(36)20-14-17-8-3-4-10-19(17)22(23(20)35)32-33-24-21(27-2)15-30-34(24)26-28-11-6-12-29-26/h3-15,35H,1H3,(H,31,36)/b33-32+. The van der Waals surface area contributed by atoms with Crippen LogP contribution in [0.15, 0.2) is 89.5 Å². The Morgan fingerprint density at radius 2 is 1.86 bits per heavy atom. The van der Waals surface area contributed by atoms with Crippen molar-refractivity contribution in [3.8, 4) is 11.7 Å². The van der Waals surface area contributed by atoms with Crippen molar-refractivity contribution in [3.63, 3.8) is 0 Å².